The number of rotatable bonds is 3. The Morgan fingerprint density at radius 1 is 1.40 bits per heavy atom. The monoisotopic (exact) mass is 242 g/mol. The predicted octanol–water partition coefficient (Wildman–Crippen LogP) is 2.64. The highest BCUT2D eigenvalue weighted by atomic mass is 35.5. The first-order valence-electron chi connectivity index (χ1n) is 4.80. The van der Waals surface area contributed by atoms with Crippen LogP contribution in [0.4, 0.5) is 0 Å². The summed E-state index contributed by atoms with van der Waals surface area (Å²) in [5.74, 6) is 0. The van der Waals surface area contributed by atoms with E-state index in [1.807, 2.05) is 10.7 Å². The quantitative estimate of drug-likeness (QED) is 0.831. The van der Waals surface area contributed by atoms with Gasteiger partial charge in [0, 0.05) is 6.54 Å². The topological polar surface area (TPSA) is 43.6 Å². The molecule has 0 aliphatic carbocycles. The first-order chi connectivity index (χ1) is 7.24. The molecule has 0 bridgehead atoms. The smallest absolute Gasteiger partial charge is 0.207 e. The molecule has 0 atom stereocenters. The predicted molar refractivity (Wildman–Crippen MR) is 61.2 cm³/mol. The van der Waals surface area contributed by atoms with Crippen molar-refractivity contribution in [2.45, 2.75) is 26.8 Å². The molecule has 0 aromatic carbocycles. The van der Waals surface area contributed by atoms with Crippen LogP contribution in [-0.4, -0.2) is 20.0 Å². The van der Waals surface area contributed by atoms with Gasteiger partial charge in [-0.05, 0) is 31.0 Å². The van der Waals surface area contributed by atoms with Gasteiger partial charge in [-0.25, -0.2) is 0 Å². The van der Waals surface area contributed by atoms with Gasteiger partial charge in [0.1, 0.15) is 0 Å². The van der Waals surface area contributed by atoms with Crippen molar-refractivity contribution in [1.29, 1.82) is 0 Å². The number of hydrogen-bond acceptors (Lipinski definition) is 4. The molecule has 0 saturated carbocycles. The molecule has 2 rings (SSSR count). The molecule has 0 aliphatic rings. The van der Waals surface area contributed by atoms with Crippen molar-refractivity contribution in [2.75, 3.05) is 0 Å². The number of halogens is 1. The summed E-state index contributed by atoms with van der Waals surface area (Å²) in [7, 11) is 0. The van der Waals surface area contributed by atoms with E-state index in [1.165, 1.54) is 11.3 Å². The lowest BCUT2D eigenvalue weighted by atomic mass is 10.3. The molecule has 0 radical (unpaired) electrons. The maximum Gasteiger partial charge on any atom is 0.207 e. The molecule has 0 unspecified atom stereocenters. The fourth-order valence-electron chi connectivity index (χ4n) is 1.36. The van der Waals surface area contributed by atoms with Crippen LogP contribution in [0.2, 0.25) is 4.47 Å². The van der Waals surface area contributed by atoms with Gasteiger partial charge in [-0.3, -0.25) is 4.68 Å². The first kappa shape index (κ1) is 10.6. The van der Waals surface area contributed by atoms with Gasteiger partial charge in [-0.15, -0.1) is 10.2 Å². The Kier molecular flexibility index (Phi) is 3.02. The molecule has 15 heavy (non-hydrogen) atoms. The molecule has 6 heteroatoms. The molecule has 0 amide bonds. The number of aryl methyl sites for hydroxylation is 2. The Hall–Kier alpha value is -0.940. The van der Waals surface area contributed by atoms with E-state index in [0.29, 0.717) is 4.47 Å². The Balaban J connectivity index is 2.46. The number of aromatic nitrogens is 4. The van der Waals surface area contributed by atoms with Crippen molar-refractivity contribution < 1.29 is 0 Å². The van der Waals surface area contributed by atoms with Crippen LogP contribution in [-0.2, 0) is 13.0 Å². The van der Waals surface area contributed by atoms with Crippen LogP contribution in [0.15, 0.2) is 6.07 Å². The van der Waals surface area contributed by atoms with Crippen molar-refractivity contribution in [1.82, 2.24) is 20.0 Å². The fraction of sp³-hybridized carbons (Fsp3) is 0.444. The van der Waals surface area contributed by atoms with E-state index in [2.05, 4.69) is 29.1 Å². The van der Waals surface area contributed by atoms with E-state index in [-0.39, 0.29) is 0 Å². The zero-order chi connectivity index (χ0) is 10.8. The van der Waals surface area contributed by atoms with Crippen LogP contribution in [0.3, 0.4) is 0 Å². The van der Waals surface area contributed by atoms with E-state index >= 15 is 0 Å². The third-order valence-corrected chi connectivity index (χ3v) is 3.15. The molecule has 2 heterocycles. The van der Waals surface area contributed by atoms with Crippen LogP contribution in [0.1, 0.15) is 19.5 Å². The van der Waals surface area contributed by atoms with Crippen molar-refractivity contribution >= 4 is 22.9 Å². The molecule has 0 aliphatic heterocycles. The van der Waals surface area contributed by atoms with E-state index in [9.17, 15) is 0 Å². The maximum absolute atomic E-state index is 5.76. The minimum atomic E-state index is 0.465. The minimum Gasteiger partial charge on any atom is -0.262 e. The molecule has 0 N–H and O–H groups in total. The SMILES string of the molecule is CCc1cc(-c2nnc(Cl)s2)n(CC)n1. The molecular weight excluding hydrogens is 232 g/mol. The number of nitrogens with zero attached hydrogens (tertiary/aromatic N) is 4. The maximum atomic E-state index is 5.76. The van der Waals surface area contributed by atoms with Crippen molar-refractivity contribution in [3.05, 3.63) is 16.2 Å². The molecule has 2 aromatic rings. The normalized spacial score (nSPS) is 10.9. The van der Waals surface area contributed by atoms with Gasteiger partial charge < -0.3 is 0 Å². The average molecular weight is 243 g/mol. The molecule has 2 aromatic heterocycles. The third-order valence-electron chi connectivity index (χ3n) is 2.11. The first-order valence-corrected chi connectivity index (χ1v) is 6.00. The Labute approximate surface area is 96.9 Å². The number of hydrogen-bond donors (Lipinski definition) is 0. The zero-order valence-corrected chi connectivity index (χ0v) is 10.1. The summed E-state index contributed by atoms with van der Waals surface area (Å²) in [6.07, 6.45) is 0.923. The molecular formula is C9H11ClN4S. The van der Waals surface area contributed by atoms with Crippen LogP contribution in [0, 0.1) is 0 Å². The summed E-state index contributed by atoms with van der Waals surface area (Å²) >= 11 is 7.14. The second-order valence-corrected chi connectivity index (χ2v) is 4.61. The highest BCUT2D eigenvalue weighted by molar-refractivity contribution is 7.18. The summed E-state index contributed by atoms with van der Waals surface area (Å²) in [4.78, 5) is 0. The molecule has 0 spiro atoms. The molecule has 0 fully saturated rings. The summed E-state index contributed by atoms with van der Waals surface area (Å²) in [6.45, 7) is 4.96. The van der Waals surface area contributed by atoms with E-state index in [4.69, 9.17) is 11.6 Å². The van der Waals surface area contributed by atoms with E-state index < -0.39 is 0 Å². The van der Waals surface area contributed by atoms with Crippen molar-refractivity contribution in [3.63, 3.8) is 0 Å². The van der Waals surface area contributed by atoms with Crippen LogP contribution in [0.5, 0.6) is 0 Å². The fourth-order valence-corrected chi connectivity index (χ4v) is 2.21. The molecule has 0 saturated heterocycles. The lowest BCUT2D eigenvalue weighted by Crippen LogP contribution is -1.99. The van der Waals surface area contributed by atoms with Gasteiger partial charge in [0.05, 0.1) is 11.4 Å². The standard InChI is InChI=1S/C9H11ClN4S/c1-3-6-5-7(14(4-2)13-6)8-11-12-9(10)15-8/h5H,3-4H2,1-2H3. The van der Waals surface area contributed by atoms with E-state index in [0.717, 1.165) is 29.4 Å². The van der Waals surface area contributed by atoms with Crippen LogP contribution >= 0.6 is 22.9 Å². The summed E-state index contributed by atoms with van der Waals surface area (Å²) in [5, 5.41) is 13.1. The average Bonchev–Trinajstić information content (AvgIpc) is 2.82. The van der Waals surface area contributed by atoms with Crippen LogP contribution in [0.25, 0.3) is 10.7 Å². The Bertz CT molecular complexity index is 462. The second-order valence-electron chi connectivity index (χ2n) is 3.05. The van der Waals surface area contributed by atoms with E-state index in [1.54, 1.807) is 0 Å². The highest BCUT2D eigenvalue weighted by Gasteiger charge is 2.12. The van der Waals surface area contributed by atoms with Crippen molar-refractivity contribution in [2.24, 2.45) is 0 Å². The lowest BCUT2D eigenvalue weighted by Gasteiger charge is -1.98. The second kappa shape index (κ2) is 4.28. The Morgan fingerprint density at radius 2 is 2.20 bits per heavy atom. The summed E-state index contributed by atoms with van der Waals surface area (Å²) < 4.78 is 2.39. The molecule has 4 nitrogen and oxygen atoms in total. The van der Waals surface area contributed by atoms with Crippen molar-refractivity contribution in [3.8, 4) is 10.7 Å². The third kappa shape index (κ3) is 2.03. The van der Waals surface area contributed by atoms with Crippen LogP contribution < -0.4 is 0 Å². The van der Waals surface area contributed by atoms with Gasteiger partial charge >= 0.3 is 0 Å². The lowest BCUT2D eigenvalue weighted by molar-refractivity contribution is 0.654. The minimum absolute atomic E-state index is 0.465. The van der Waals surface area contributed by atoms with Gasteiger partial charge in [0.15, 0.2) is 5.01 Å². The Morgan fingerprint density at radius 3 is 2.73 bits per heavy atom. The van der Waals surface area contributed by atoms with Gasteiger partial charge in [0.25, 0.3) is 0 Å². The zero-order valence-electron chi connectivity index (χ0n) is 8.57. The highest BCUT2D eigenvalue weighted by Crippen LogP contribution is 2.26. The van der Waals surface area contributed by atoms with Gasteiger partial charge in [0.2, 0.25) is 4.47 Å². The summed E-state index contributed by atoms with van der Waals surface area (Å²) in [6, 6.07) is 2.04. The van der Waals surface area contributed by atoms with Gasteiger partial charge in [-0.1, -0.05) is 18.3 Å². The largest absolute Gasteiger partial charge is 0.262 e. The summed E-state index contributed by atoms with van der Waals surface area (Å²) in [5.41, 5.74) is 2.07. The van der Waals surface area contributed by atoms with Gasteiger partial charge in [-0.2, -0.15) is 5.10 Å². The molecule has 80 valence electrons.